The van der Waals surface area contributed by atoms with Crippen molar-refractivity contribution >= 4 is 23.3 Å². The summed E-state index contributed by atoms with van der Waals surface area (Å²) in [5, 5.41) is 2.80. The molecule has 0 aliphatic carbocycles. The fraction of sp³-hybridized carbons (Fsp3) is 0.348. The summed E-state index contributed by atoms with van der Waals surface area (Å²) < 4.78 is 16.1. The molecule has 1 heterocycles. The van der Waals surface area contributed by atoms with Crippen LogP contribution in [0.2, 0.25) is 0 Å². The van der Waals surface area contributed by atoms with Gasteiger partial charge in [-0.2, -0.15) is 0 Å². The van der Waals surface area contributed by atoms with Crippen LogP contribution in [0.3, 0.4) is 0 Å². The highest BCUT2D eigenvalue weighted by molar-refractivity contribution is 5.99. The molecule has 0 radical (unpaired) electrons. The number of unbranched alkanes of at least 4 members (excludes halogenated alkanes) is 2. The second kappa shape index (κ2) is 10.4. The SMILES string of the molecule is CCCCCC(=O)Nc1ccc(C(=O)COC(=O)[C@H]2COc3ccccc3O2)cc1. The standard InChI is InChI=1S/C23H25NO6/c1-2-3-4-9-22(26)24-17-12-10-16(11-13-17)18(25)14-29-23(27)21-15-28-19-7-5-6-8-20(19)30-21/h5-8,10-13,21H,2-4,9,14-15H2,1H3,(H,24,26)/t21-/m1/s1. The molecule has 158 valence electrons. The van der Waals surface area contributed by atoms with Gasteiger partial charge in [-0.15, -0.1) is 0 Å². The van der Waals surface area contributed by atoms with Crippen LogP contribution in [0.1, 0.15) is 43.0 Å². The smallest absolute Gasteiger partial charge is 0.351 e. The molecule has 1 aliphatic rings. The molecule has 1 atom stereocenters. The van der Waals surface area contributed by atoms with Gasteiger partial charge in [0, 0.05) is 17.7 Å². The van der Waals surface area contributed by atoms with Crippen molar-refractivity contribution in [2.75, 3.05) is 18.5 Å². The summed E-state index contributed by atoms with van der Waals surface area (Å²) in [5.41, 5.74) is 1.01. The minimum atomic E-state index is -0.919. The van der Waals surface area contributed by atoms with Crippen LogP contribution < -0.4 is 14.8 Å². The van der Waals surface area contributed by atoms with Crippen LogP contribution in [0.15, 0.2) is 48.5 Å². The fourth-order valence-corrected chi connectivity index (χ4v) is 2.95. The van der Waals surface area contributed by atoms with Gasteiger partial charge >= 0.3 is 5.97 Å². The Bertz CT molecular complexity index is 893. The van der Waals surface area contributed by atoms with E-state index in [-0.39, 0.29) is 18.3 Å². The van der Waals surface area contributed by atoms with Crippen molar-refractivity contribution in [1.29, 1.82) is 0 Å². The van der Waals surface area contributed by atoms with Crippen LogP contribution in [0.25, 0.3) is 0 Å². The largest absolute Gasteiger partial charge is 0.485 e. The average Bonchev–Trinajstić information content (AvgIpc) is 2.77. The van der Waals surface area contributed by atoms with Crippen molar-refractivity contribution in [3.8, 4) is 11.5 Å². The maximum Gasteiger partial charge on any atom is 0.351 e. The molecule has 0 unspecified atom stereocenters. The van der Waals surface area contributed by atoms with E-state index < -0.39 is 18.7 Å². The number of fused-ring (bicyclic) bond motifs is 1. The van der Waals surface area contributed by atoms with Crippen LogP contribution >= 0.6 is 0 Å². The molecule has 0 aromatic heterocycles. The number of hydrogen-bond donors (Lipinski definition) is 1. The van der Waals surface area contributed by atoms with E-state index in [1.807, 2.05) is 6.07 Å². The summed E-state index contributed by atoms with van der Waals surface area (Å²) in [4.78, 5) is 36.4. The van der Waals surface area contributed by atoms with Crippen LogP contribution in [0.5, 0.6) is 11.5 Å². The third-order valence-corrected chi connectivity index (χ3v) is 4.62. The number of nitrogens with one attached hydrogen (secondary N) is 1. The van der Waals surface area contributed by atoms with Gasteiger partial charge in [0.05, 0.1) is 0 Å². The first-order valence-corrected chi connectivity index (χ1v) is 10.0. The first kappa shape index (κ1) is 21.4. The number of carbonyl (C=O) groups excluding carboxylic acids is 3. The van der Waals surface area contributed by atoms with E-state index in [1.54, 1.807) is 42.5 Å². The number of para-hydroxylation sites is 2. The molecule has 1 N–H and O–H groups in total. The van der Waals surface area contributed by atoms with Crippen LogP contribution in [-0.4, -0.2) is 37.0 Å². The van der Waals surface area contributed by atoms with Crippen molar-refractivity contribution in [3.05, 3.63) is 54.1 Å². The number of esters is 1. The van der Waals surface area contributed by atoms with Crippen LogP contribution in [0, 0.1) is 0 Å². The molecule has 0 fully saturated rings. The number of amides is 1. The summed E-state index contributed by atoms with van der Waals surface area (Å²) in [6.45, 7) is 1.71. The zero-order valence-corrected chi connectivity index (χ0v) is 16.9. The van der Waals surface area contributed by atoms with Gasteiger partial charge in [-0.1, -0.05) is 31.9 Å². The highest BCUT2D eigenvalue weighted by Crippen LogP contribution is 2.31. The number of anilines is 1. The number of Topliss-reactive ketones (excluding diaryl/α,β-unsaturated/α-hetero) is 1. The third-order valence-electron chi connectivity index (χ3n) is 4.62. The molecule has 1 aliphatic heterocycles. The Labute approximate surface area is 175 Å². The first-order valence-electron chi connectivity index (χ1n) is 10.0. The maximum atomic E-state index is 12.3. The lowest BCUT2D eigenvalue weighted by Crippen LogP contribution is -2.38. The predicted octanol–water partition coefficient (Wildman–Crippen LogP) is 3.77. The lowest BCUT2D eigenvalue weighted by molar-refractivity contribution is -0.153. The topological polar surface area (TPSA) is 90.9 Å². The van der Waals surface area contributed by atoms with Gasteiger partial charge in [0.2, 0.25) is 12.0 Å². The number of rotatable bonds is 9. The molecular formula is C23H25NO6. The van der Waals surface area contributed by atoms with Crippen LogP contribution in [0.4, 0.5) is 5.69 Å². The normalized spacial score (nSPS) is 14.6. The summed E-state index contributed by atoms with van der Waals surface area (Å²) in [6.07, 6.45) is 2.48. The van der Waals surface area contributed by atoms with E-state index in [9.17, 15) is 14.4 Å². The maximum absolute atomic E-state index is 12.3. The van der Waals surface area contributed by atoms with Gasteiger partial charge in [-0.05, 0) is 42.8 Å². The Kier molecular flexibility index (Phi) is 7.43. The van der Waals surface area contributed by atoms with Crippen molar-refractivity contribution in [2.45, 2.75) is 38.7 Å². The highest BCUT2D eigenvalue weighted by Gasteiger charge is 2.29. The van der Waals surface area contributed by atoms with Gasteiger partial charge in [-0.3, -0.25) is 9.59 Å². The van der Waals surface area contributed by atoms with Gasteiger partial charge < -0.3 is 19.5 Å². The van der Waals surface area contributed by atoms with Crippen molar-refractivity contribution in [1.82, 2.24) is 0 Å². The summed E-state index contributed by atoms with van der Waals surface area (Å²) >= 11 is 0. The van der Waals surface area contributed by atoms with Gasteiger partial charge in [0.1, 0.15) is 6.61 Å². The molecular weight excluding hydrogens is 386 g/mol. The molecule has 3 rings (SSSR count). The summed E-state index contributed by atoms with van der Waals surface area (Å²) in [5.74, 6) is -0.0256. The highest BCUT2D eigenvalue weighted by atomic mass is 16.6. The molecule has 0 saturated heterocycles. The van der Waals surface area contributed by atoms with Crippen molar-refractivity contribution in [2.24, 2.45) is 0 Å². The number of carbonyl (C=O) groups is 3. The molecule has 1 amide bonds. The van der Waals surface area contributed by atoms with E-state index in [0.29, 0.717) is 29.2 Å². The van der Waals surface area contributed by atoms with Crippen molar-refractivity contribution < 1.29 is 28.6 Å². The van der Waals surface area contributed by atoms with Gasteiger partial charge in [0.15, 0.2) is 23.9 Å². The van der Waals surface area contributed by atoms with E-state index in [2.05, 4.69) is 12.2 Å². The minimum Gasteiger partial charge on any atom is -0.485 e. The fourth-order valence-electron chi connectivity index (χ4n) is 2.95. The molecule has 2 aromatic carbocycles. The number of ether oxygens (including phenoxy) is 3. The average molecular weight is 411 g/mol. The minimum absolute atomic E-state index is 0.0245. The van der Waals surface area contributed by atoms with Gasteiger partial charge in [0.25, 0.3) is 0 Å². The Morgan fingerprint density at radius 1 is 1.03 bits per heavy atom. The molecule has 0 spiro atoms. The molecule has 7 nitrogen and oxygen atoms in total. The Balaban J connectivity index is 1.45. The van der Waals surface area contributed by atoms with Crippen molar-refractivity contribution in [3.63, 3.8) is 0 Å². The van der Waals surface area contributed by atoms with E-state index >= 15 is 0 Å². The third kappa shape index (κ3) is 5.83. The van der Waals surface area contributed by atoms with E-state index in [4.69, 9.17) is 14.2 Å². The monoisotopic (exact) mass is 411 g/mol. The first-order chi connectivity index (χ1) is 14.6. The van der Waals surface area contributed by atoms with E-state index in [0.717, 1.165) is 19.3 Å². The summed E-state index contributed by atoms with van der Waals surface area (Å²) in [6, 6.07) is 13.5. The lowest BCUT2D eigenvalue weighted by atomic mass is 10.1. The lowest BCUT2D eigenvalue weighted by Gasteiger charge is -2.24. The predicted molar refractivity (Wildman–Crippen MR) is 111 cm³/mol. The van der Waals surface area contributed by atoms with Crippen LogP contribution in [-0.2, 0) is 14.3 Å². The molecule has 0 saturated carbocycles. The Hall–Kier alpha value is -3.35. The molecule has 7 heteroatoms. The zero-order valence-electron chi connectivity index (χ0n) is 16.9. The second-order valence-electron chi connectivity index (χ2n) is 6.98. The quantitative estimate of drug-likeness (QED) is 0.384. The Morgan fingerprint density at radius 2 is 1.77 bits per heavy atom. The summed E-state index contributed by atoms with van der Waals surface area (Å²) in [7, 11) is 0. The molecule has 2 aromatic rings. The molecule has 0 bridgehead atoms. The molecule has 30 heavy (non-hydrogen) atoms. The number of benzene rings is 2. The zero-order chi connectivity index (χ0) is 21.3. The van der Waals surface area contributed by atoms with E-state index in [1.165, 1.54) is 0 Å². The number of hydrogen-bond acceptors (Lipinski definition) is 6. The van der Waals surface area contributed by atoms with Gasteiger partial charge in [-0.25, -0.2) is 4.79 Å². The Morgan fingerprint density at radius 3 is 2.50 bits per heavy atom. The second-order valence-corrected chi connectivity index (χ2v) is 6.98. The number of ketones is 1.